The van der Waals surface area contributed by atoms with Crippen LogP contribution in [0.1, 0.15) is 25.0 Å². The average Bonchev–Trinajstić information content (AvgIpc) is 3.35. The van der Waals surface area contributed by atoms with Gasteiger partial charge in [-0.3, -0.25) is 4.79 Å². The van der Waals surface area contributed by atoms with Gasteiger partial charge in [-0.1, -0.05) is 5.21 Å². The van der Waals surface area contributed by atoms with Crippen molar-refractivity contribution in [3.63, 3.8) is 0 Å². The van der Waals surface area contributed by atoms with E-state index in [0.29, 0.717) is 111 Å². The minimum absolute atomic E-state index is 0.0218. The third-order valence-corrected chi connectivity index (χ3v) is 5.40. The molecule has 5 N–H and O–H groups in total. The normalized spacial score (nSPS) is 19.8. The molecule has 1 aliphatic rings. The molecule has 14 heteroatoms. The van der Waals surface area contributed by atoms with Crippen molar-refractivity contribution in [3.8, 4) is 0 Å². The van der Waals surface area contributed by atoms with Crippen molar-refractivity contribution in [2.24, 2.45) is 5.73 Å². The highest BCUT2D eigenvalue weighted by Crippen LogP contribution is 2.14. The summed E-state index contributed by atoms with van der Waals surface area (Å²) in [5.41, 5.74) is 6.08. The Kier molecular flexibility index (Phi) is 17.2. The molecule has 14 nitrogen and oxygen atoms in total. The lowest BCUT2D eigenvalue weighted by molar-refractivity contribution is -0.156. The molecule has 1 aromatic rings. The van der Waals surface area contributed by atoms with Crippen LogP contribution in [0, 0.1) is 0 Å². The number of aliphatic hydroxyl groups excluding tert-OH is 2. The summed E-state index contributed by atoms with van der Waals surface area (Å²) < 4.78 is 34.4. The third-order valence-electron chi connectivity index (χ3n) is 5.40. The standard InChI is InChI=1S/C23H43N5O9/c24-4-1-2-22(30)25-5-8-35-17-19-16-28(27-26-19)6-9-32-10-11-33-12-13-34-14-15-36-18-21-23(31)20(29)3-7-37-21/h16,20-21,23,29,31H,1-15,17-18,24H2,(H,25,30). The van der Waals surface area contributed by atoms with Crippen LogP contribution >= 0.6 is 0 Å². The van der Waals surface area contributed by atoms with Gasteiger partial charge in [0, 0.05) is 19.6 Å². The molecule has 0 radical (unpaired) electrons. The van der Waals surface area contributed by atoms with E-state index in [2.05, 4.69) is 15.6 Å². The van der Waals surface area contributed by atoms with Gasteiger partial charge in [0.1, 0.15) is 17.9 Å². The molecule has 0 aliphatic carbocycles. The monoisotopic (exact) mass is 533 g/mol. The average molecular weight is 534 g/mol. The second-order valence-corrected chi connectivity index (χ2v) is 8.44. The van der Waals surface area contributed by atoms with E-state index >= 15 is 0 Å². The fourth-order valence-electron chi connectivity index (χ4n) is 3.33. The lowest BCUT2D eigenvalue weighted by Gasteiger charge is -2.31. The van der Waals surface area contributed by atoms with Crippen molar-refractivity contribution in [3.05, 3.63) is 11.9 Å². The SMILES string of the molecule is NCCCC(=O)NCCOCc1cn(CCOCCOCCOCCOCC2OCCC(O)C2O)nn1. The van der Waals surface area contributed by atoms with Crippen LogP contribution in [0.25, 0.3) is 0 Å². The summed E-state index contributed by atoms with van der Waals surface area (Å²) >= 11 is 0. The Labute approximate surface area is 217 Å². The van der Waals surface area contributed by atoms with Gasteiger partial charge >= 0.3 is 0 Å². The summed E-state index contributed by atoms with van der Waals surface area (Å²) in [6.45, 7) is 5.93. The van der Waals surface area contributed by atoms with Crippen molar-refractivity contribution < 1.29 is 43.4 Å². The maximum atomic E-state index is 11.5. The molecule has 1 amide bonds. The number of ether oxygens (including phenoxy) is 6. The predicted octanol–water partition coefficient (Wildman–Crippen LogP) is -1.77. The Balaban J connectivity index is 1.33. The summed E-state index contributed by atoms with van der Waals surface area (Å²) in [6, 6.07) is 0. The minimum Gasteiger partial charge on any atom is -0.390 e. The van der Waals surface area contributed by atoms with Crippen LogP contribution in [0.15, 0.2) is 6.20 Å². The number of nitrogens with one attached hydrogen (secondary N) is 1. The highest BCUT2D eigenvalue weighted by atomic mass is 16.6. The second-order valence-electron chi connectivity index (χ2n) is 8.44. The van der Waals surface area contributed by atoms with Gasteiger partial charge in [-0.25, -0.2) is 4.68 Å². The second kappa shape index (κ2) is 20.2. The first kappa shape index (κ1) is 31.5. The van der Waals surface area contributed by atoms with Crippen LogP contribution in [0.3, 0.4) is 0 Å². The van der Waals surface area contributed by atoms with Crippen LogP contribution in [0.2, 0.25) is 0 Å². The molecule has 1 fully saturated rings. The molecule has 0 saturated carbocycles. The summed E-state index contributed by atoms with van der Waals surface area (Å²) in [7, 11) is 0. The summed E-state index contributed by atoms with van der Waals surface area (Å²) in [5, 5.41) is 30.3. The third kappa shape index (κ3) is 14.7. The molecule has 3 atom stereocenters. The van der Waals surface area contributed by atoms with Gasteiger partial charge in [-0.15, -0.1) is 5.10 Å². The van der Waals surface area contributed by atoms with Gasteiger partial charge < -0.3 is 49.7 Å². The highest BCUT2D eigenvalue weighted by molar-refractivity contribution is 5.75. The van der Waals surface area contributed by atoms with Crippen molar-refractivity contribution in [1.29, 1.82) is 0 Å². The van der Waals surface area contributed by atoms with Crippen molar-refractivity contribution in [2.45, 2.75) is 50.7 Å². The quantitative estimate of drug-likeness (QED) is 0.123. The first-order valence-electron chi connectivity index (χ1n) is 12.8. The molecule has 2 rings (SSSR count). The first-order chi connectivity index (χ1) is 18.1. The van der Waals surface area contributed by atoms with E-state index in [1.165, 1.54) is 0 Å². The summed E-state index contributed by atoms with van der Waals surface area (Å²) in [5.74, 6) is -0.0218. The summed E-state index contributed by atoms with van der Waals surface area (Å²) in [6.07, 6.45) is 1.17. The fourth-order valence-corrected chi connectivity index (χ4v) is 3.33. The number of rotatable bonds is 22. The number of carbonyl (C=O) groups excluding carboxylic acids is 1. The Morgan fingerprint density at radius 1 is 1.05 bits per heavy atom. The summed E-state index contributed by atoms with van der Waals surface area (Å²) in [4.78, 5) is 11.5. The Morgan fingerprint density at radius 2 is 1.76 bits per heavy atom. The zero-order valence-corrected chi connectivity index (χ0v) is 21.5. The number of hydrogen-bond donors (Lipinski definition) is 4. The molecule has 3 unspecified atom stereocenters. The van der Waals surface area contributed by atoms with E-state index in [1.807, 2.05) is 0 Å². The molecular formula is C23H43N5O9. The Hall–Kier alpha value is -1.75. The lowest BCUT2D eigenvalue weighted by Crippen LogP contribution is -2.46. The number of carbonyl (C=O) groups is 1. The number of amides is 1. The van der Waals surface area contributed by atoms with Crippen molar-refractivity contribution in [1.82, 2.24) is 20.3 Å². The topological polar surface area (TPSA) is 182 Å². The Bertz CT molecular complexity index is 712. The largest absolute Gasteiger partial charge is 0.390 e. The van der Waals surface area contributed by atoms with E-state index in [4.69, 9.17) is 34.2 Å². The number of aliphatic hydroxyl groups is 2. The smallest absolute Gasteiger partial charge is 0.220 e. The number of hydrogen-bond acceptors (Lipinski definition) is 12. The molecule has 37 heavy (non-hydrogen) atoms. The molecular weight excluding hydrogens is 490 g/mol. The van der Waals surface area contributed by atoms with E-state index in [-0.39, 0.29) is 12.5 Å². The van der Waals surface area contributed by atoms with Gasteiger partial charge in [0.25, 0.3) is 0 Å². The van der Waals surface area contributed by atoms with Gasteiger partial charge in [-0.05, 0) is 19.4 Å². The molecule has 1 saturated heterocycles. The molecule has 0 aromatic carbocycles. The van der Waals surface area contributed by atoms with Crippen LogP contribution in [0.4, 0.5) is 0 Å². The van der Waals surface area contributed by atoms with Gasteiger partial charge in [0.05, 0.1) is 84.9 Å². The van der Waals surface area contributed by atoms with Crippen LogP contribution in [-0.2, 0) is 46.4 Å². The molecule has 1 aliphatic heterocycles. The number of aromatic nitrogens is 3. The minimum atomic E-state index is -0.914. The first-order valence-corrected chi connectivity index (χ1v) is 12.8. The molecule has 1 aromatic heterocycles. The van der Waals surface area contributed by atoms with Gasteiger partial charge in [0.15, 0.2) is 0 Å². The van der Waals surface area contributed by atoms with Crippen molar-refractivity contribution in [2.75, 3.05) is 79.2 Å². The van der Waals surface area contributed by atoms with Crippen LogP contribution in [-0.4, -0.2) is 129 Å². The van der Waals surface area contributed by atoms with Crippen LogP contribution < -0.4 is 11.1 Å². The zero-order valence-electron chi connectivity index (χ0n) is 21.5. The van der Waals surface area contributed by atoms with E-state index < -0.39 is 18.3 Å². The molecule has 214 valence electrons. The van der Waals surface area contributed by atoms with Gasteiger partial charge in [-0.2, -0.15) is 0 Å². The fraction of sp³-hybridized carbons (Fsp3) is 0.870. The molecule has 0 spiro atoms. The van der Waals surface area contributed by atoms with Crippen LogP contribution in [0.5, 0.6) is 0 Å². The molecule has 2 heterocycles. The predicted molar refractivity (Wildman–Crippen MR) is 131 cm³/mol. The highest BCUT2D eigenvalue weighted by Gasteiger charge is 2.31. The van der Waals surface area contributed by atoms with Crippen molar-refractivity contribution >= 4 is 5.91 Å². The number of nitrogens with two attached hydrogens (primary N) is 1. The maximum absolute atomic E-state index is 11.5. The van der Waals surface area contributed by atoms with E-state index in [9.17, 15) is 15.0 Å². The Morgan fingerprint density at radius 3 is 2.49 bits per heavy atom. The van der Waals surface area contributed by atoms with E-state index in [1.54, 1.807) is 10.9 Å². The van der Waals surface area contributed by atoms with Gasteiger partial charge in [0.2, 0.25) is 5.91 Å². The zero-order chi connectivity index (χ0) is 26.6. The number of nitrogens with zero attached hydrogens (tertiary/aromatic N) is 3. The lowest BCUT2D eigenvalue weighted by atomic mass is 10.0. The molecule has 0 bridgehead atoms. The maximum Gasteiger partial charge on any atom is 0.220 e. The van der Waals surface area contributed by atoms with E-state index in [0.717, 1.165) is 0 Å².